The highest BCUT2D eigenvalue weighted by Crippen LogP contribution is 2.27. The van der Waals surface area contributed by atoms with Gasteiger partial charge in [-0.2, -0.15) is 5.26 Å². The van der Waals surface area contributed by atoms with Gasteiger partial charge in [0.25, 0.3) is 5.91 Å². The van der Waals surface area contributed by atoms with Crippen molar-refractivity contribution in [3.63, 3.8) is 0 Å². The van der Waals surface area contributed by atoms with E-state index >= 15 is 0 Å². The van der Waals surface area contributed by atoms with Gasteiger partial charge in [0.05, 0.1) is 16.6 Å². The molecule has 2 aromatic rings. The van der Waals surface area contributed by atoms with Crippen molar-refractivity contribution < 1.29 is 22.7 Å². The minimum absolute atomic E-state index is 0.0658. The monoisotopic (exact) mass is 434 g/mol. The number of sulfone groups is 1. The smallest absolute Gasteiger partial charge is 0.272 e. The van der Waals surface area contributed by atoms with E-state index in [2.05, 4.69) is 5.32 Å². The van der Waals surface area contributed by atoms with Crippen LogP contribution in [0.25, 0.3) is 0 Å². The Hall–Kier alpha value is -3.03. The number of halogens is 1. The number of nitriles is 1. The molecule has 8 nitrogen and oxygen atoms in total. The van der Waals surface area contributed by atoms with Gasteiger partial charge in [0, 0.05) is 24.5 Å². The normalized spacial score (nSPS) is 13.3. The molecule has 0 aliphatic heterocycles. The third-order valence-electron chi connectivity index (χ3n) is 4.94. The molecule has 10 heteroatoms. The number of carbonyl (C=O) groups excluding carboxylic acids is 1. The number of hydrogen-bond donors (Lipinski definition) is 3. The predicted octanol–water partition coefficient (Wildman–Crippen LogP) is 2.62. The minimum Gasteiger partial charge on any atom is -0.393 e. The maximum atomic E-state index is 13.5. The van der Waals surface area contributed by atoms with Crippen molar-refractivity contribution in [2.75, 3.05) is 5.32 Å². The molecule has 30 heavy (non-hydrogen) atoms. The largest absolute Gasteiger partial charge is 0.393 e. The van der Waals surface area contributed by atoms with Crippen molar-refractivity contribution in [2.24, 2.45) is 13.0 Å². The van der Waals surface area contributed by atoms with Crippen LogP contribution in [-0.2, 0) is 23.3 Å². The second-order valence-electron chi connectivity index (χ2n) is 7.11. The number of aliphatic hydroxyl groups excluding tert-OH is 1. The number of benzene rings is 1. The number of rotatable bonds is 8. The Morgan fingerprint density at radius 2 is 2.10 bits per heavy atom. The van der Waals surface area contributed by atoms with E-state index in [1.54, 1.807) is 19.9 Å². The second kappa shape index (κ2) is 9.19. The van der Waals surface area contributed by atoms with Crippen LogP contribution in [0.3, 0.4) is 0 Å². The van der Waals surface area contributed by atoms with Crippen LogP contribution in [0.15, 0.2) is 29.3 Å². The first kappa shape index (κ1) is 23.3. The summed E-state index contributed by atoms with van der Waals surface area (Å²) in [7, 11) is -2.53. The van der Waals surface area contributed by atoms with E-state index in [9.17, 15) is 22.7 Å². The standard InChI is InChI=1S/C20H23FN4O4S/c1-12(13(2)26)4-6-16-18(30(28,29)11-23)10-25(3)19(16)20(27)24-15-5-7-17(21)14(8-15)9-22/h5,7-8,10-13,23,26H,4,6H2,1-3H3,(H,24,27)/t12-,13+/m1/s1. The van der Waals surface area contributed by atoms with Gasteiger partial charge >= 0.3 is 0 Å². The molecule has 0 bridgehead atoms. The van der Waals surface area contributed by atoms with Crippen LogP contribution in [0.1, 0.15) is 41.9 Å². The van der Waals surface area contributed by atoms with E-state index < -0.39 is 27.7 Å². The van der Waals surface area contributed by atoms with E-state index in [1.165, 1.54) is 29.9 Å². The zero-order chi connectivity index (χ0) is 22.6. The van der Waals surface area contributed by atoms with E-state index in [-0.39, 0.29) is 39.7 Å². The minimum atomic E-state index is -4.04. The summed E-state index contributed by atoms with van der Waals surface area (Å²) in [5, 5.41) is 28.5. The summed E-state index contributed by atoms with van der Waals surface area (Å²) in [5.74, 6) is -1.51. The third kappa shape index (κ3) is 4.93. The molecule has 0 unspecified atom stereocenters. The molecule has 0 saturated carbocycles. The lowest BCUT2D eigenvalue weighted by atomic mass is 9.97. The molecule has 0 fully saturated rings. The maximum Gasteiger partial charge on any atom is 0.272 e. The number of nitrogens with one attached hydrogen (secondary N) is 2. The summed E-state index contributed by atoms with van der Waals surface area (Å²) in [4.78, 5) is 12.8. The molecule has 3 N–H and O–H groups in total. The average Bonchev–Trinajstić information content (AvgIpc) is 3.04. The number of aliphatic hydroxyl groups is 1. The van der Waals surface area contributed by atoms with Gasteiger partial charge < -0.3 is 15.0 Å². The van der Waals surface area contributed by atoms with Crippen molar-refractivity contribution in [3.05, 3.63) is 47.0 Å². The van der Waals surface area contributed by atoms with Gasteiger partial charge in [-0.3, -0.25) is 10.2 Å². The summed E-state index contributed by atoms with van der Waals surface area (Å²) in [5.41, 5.74) is 0.562. The summed E-state index contributed by atoms with van der Waals surface area (Å²) < 4.78 is 39.6. The molecule has 1 amide bonds. The van der Waals surface area contributed by atoms with E-state index in [0.29, 0.717) is 12.0 Å². The van der Waals surface area contributed by atoms with Crippen LogP contribution in [0.4, 0.5) is 10.1 Å². The number of hydrogen-bond acceptors (Lipinski definition) is 6. The number of aryl methyl sites for hydroxylation is 1. The average molecular weight is 434 g/mol. The van der Waals surface area contributed by atoms with Gasteiger partial charge in [0.15, 0.2) is 0 Å². The molecule has 0 spiro atoms. The van der Waals surface area contributed by atoms with Crippen LogP contribution >= 0.6 is 0 Å². The Bertz CT molecular complexity index is 1120. The molecule has 1 aromatic heterocycles. The first-order valence-corrected chi connectivity index (χ1v) is 10.7. The van der Waals surface area contributed by atoms with Crippen molar-refractivity contribution in [2.45, 2.75) is 37.7 Å². The molecular formula is C20H23FN4O4S. The van der Waals surface area contributed by atoms with Gasteiger partial charge in [-0.1, -0.05) is 6.92 Å². The van der Waals surface area contributed by atoms with Crippen molar-refractivity contribution in [3.8, 4) is 6.07 Å². The fourth-order valence-electron chi connectivity index (χ4n) is 2.99. The SMILES string of the molecule is C[C@H](O)[C@H](C)CCc1c(S(=O)(=O)C=N)cn(C)c1C(=O)Nc1ccc(F)c(C#N)c1. The highest BCUT2D eigenvalue weighted by Gasteiger charge is 2.27. The number of nitrogens with zero attached hydrogens (tertiary/aromatic N) is 2. The third-order valence-corrected chi connectivity index (χ3v) is 6.22. The summed E-state index contributed by atoms with van der Waals surface area (Å²) >= 11 is 0. The highest BCUT2D eigenvalue weighted by molar-refractivity contribution is 8.04. The number of anilines is 1. The second-order valence-corrected chi connectivity index (χ2v) is 8.88. The zero-order valence-corrected chi connectivity index (χ0v) is 17.6. The van der Waals surface area contributed by atoms with Crippen LogP contribution < -0.4 is 5.32 Å². The lowest BCUT2D eigenvalue weighted by Gasteiger charge is -2.15. The Balaban J connectivity index is 2.48. The van der Waals surface area contributed by atoms with Crippen molar-refractivity contribution >= 4 is 27.0 Å². The molecule has 0 aliphatic carbocycles. The van der Waals surface area contributed by atoms with Crippen LogP contribution in [0, 0.1) is 28.5 Å². The van der Waals surface area contributed by atoms with Gasteiger partial charge in [-0.25, -0.2) is 12.8 Å². The number of aromatic nitrogens is 1. The van der Waals surface area contributed by atoms with E-state index in [0.717, 1.165) is 6.07 Å². The lowest BCUT2D eigenvalue weighted by Crippen LogP contribution is -2.19. The highest BCUT2D eigenvalue weighted by atomic mass is 32.2. The molecule has 0 saturated heterocycles. The number of carbonyl (C=O) groups is 1. The fraction of sp³-hybridized carbons (Fsp3) is 0.350. The van der Waals surface area contributed by atoms with E-state index in [4.69, 9.17) is 10.7 Å². The summed E-state index contributed by atoms with van der Waals surface area (Å²) in [6.07, 6.45) is 1.25. The van der Waals surface area contributed by atoms with Gasteiger partial charge in [0.2, 0.25) is 9.84 Å². The maximum absolute atomic E-state index is 13.5. The Morgan fingerprint density at radius 1 is 1.43 bits per heavy atom. The van der Waals surface area contributed by atoms with Gasteiger partial charge in [-0.15, -0.1) is 0 Å². The van der Waals surface area contributed by atoms with Crippen LogP contribution in [0.5, 0.6) is 0 Å². The van der Waals surface area contributed by atoms with Crippen LogP contribution in [-0.4, -0.2) is 35.6 Å². The van der Waals surface area contributed by atoms with Gasteiger partial charge in [-0.05, 0) is 43.9 Å². The van der Waals surface area contributed by atoms with Crippen LogP contribution in [0.2, 0.25) is 0 Å². The molecule has 1 heterocycles. The van der Waals surface area contributed by atoms with Crippen molar-refractivity contribution in [1.82, 2.24) is 4.57 Å². The van der Waals surface area contributed by atoms with E-state index in [1.807, 2.05) is 0 Å². The molecule has 160 valence electrons. The predicted molar refractivity (Wildman–Crippen MR) is 110 cm³/mol. The first-order chi connectivity index (χ1) is 14.0. The van der Waals surface area contributed by atoms with Gasteiger partial charge in [0.1, 0.15) is 23.1 Å². The first-order valence-electron chi connectivity index (χ1n) is 9.14. The zero-order valence-electron chi connectivity index (χ0n) is 16.8. The molecule has 0 aliphatic rings. The molecule has 2 rings (SSSR count). The molecule has 1 aromatic carbocycles. The molecule has 2 atom stereocenters. The topological polar surface area (TPSA) is 136 Å². The molecular weight excluding hydrogens is 411 g/mol. The molecule has 0 radical (unpaired) electrons. The Labute approximate surface area is 174 Å². The van der Waals surface area contributed by atoms with Crippen molar-refractivity contribution in [1.29, 1.82) is 10.7 Å². The Morgan fingerprint density at radius 3 is 2.67 bits per heavy atom. The lowest BCUT2D eigenvalue weighted by molar-refractivity contribution is 0.101. The summed E-state index contributed by atoms with van der Waals surface area (Å²) in [6.45, 7) is 3.43. The Kier molecular flexibility index (Phi) is 7.12. The number of amides is 1. The fourth-order valence-corrected chi connectivity index (χ4v) is 3.96. The quantitative estimate of drug-likeness (QED) is 0.433. The summed E-state index contributed by atoms with van der Waals surface area (Å²) in [6, 6.07) is 5.21.